The normalized spacial score (nSPS) is 31.3. The smallest absolute Gasteiger partial charge is 0.246 e. The molecule has 3 heterocycles. The zero-order valence-corrected chi connectivity index (χ0v) is 23.7. The van der Waals surface area contributed by atoms with Crippen LogP contribution in [0.2, 0.25) is 0 Å². The van der Waals surface area contributed by atoms with Gasteiger partial charge < -0.3 is 30.1 Å². The minimum Gasteiger partial charge on any atom is -0.494 e. The Morgan fingerprint density at radius 2 is 1.80 bits per heavy atom. The predicted molar refractivity (Wildman–Crippen MR) is 149 cm³/mol. The molecule has 2 aromatic rings. The lowest BCUT2D eigenvalue weighted by molar-refractivity contribution is -0.150. The van der Waals surface area contributed by atoms with Gasteiger partial charge in [0, 0.05) is 11.7 Å². The van der Waals surface area contributed by atoms with E-state index < -0.39 is 35.1 Å². The highest BCUT2D eigenvalue weighted by Gasteiger charge is 2.80. The second-order valence-corrected chi connectivity index (χ2v) is 11.7. The number of anilines is 1. The summed E-state index contributed by atoms with van der Waals surface area (Å²) in [5.74, 6) is -2.13. The molecule has 3 aliphatic rings. The second-order valence-electron chi connectivity index (χ2n) is 11.7. The zero-order chi connectivity index (χ0) is 28.8. The van der Waals surface area contributed by atoms with Crippen LogP contribution in [0.25, 0.3) is 0 Å². The SMILES string of the molecule is CCOc1ccc(NC(=O)[C@H]2[C@H]3C(=O)N([C@H](CO)c4ccccc4)C(C(=O)NC(C)C)C34CC(C)[C@]2(C)O4)cc1. The van der Waals surface area contributed by atoms with Gasteiger partial charge in [0.05, 0.1) is 36.7 Å². The van der Waals surface area contributed by atoms with Gasteiger partial charge in [0.1, 0.15) is 17.4 Å². The maximum absolute atomic E-state index is 14.4. The first-order valence-corrected chi connectivity index (χ1v) is 14.1. The van der Waals surface area contributed by atoms with Gasteiger partial charge in [-0.05, 0) is 69.9 Å². The first-order chi connectivity index (χ1) is 19.1. The molecule has 0 saturated carbocycles. The molecule has 0 radical (unpaired) electrons. The summed E-state index contributed by atoms with van der Waals surface area (Å²) in [6.45, 7) is 9.67. The quantitative estimate of drug-likeness (QED) is 0.442. The topological polar surface area (TPSA) is 117 Å². The van der Waals surface area contributed by atoms with Crippen LogP contribution in [0, 0.1) is 17.8 Å². The van der Waals surface area contributed by atoms with Crippen LogP contribution in [0.3, 0.4) is 0 Å². The molecule has 5 rings (SSSR count). The van der Waals surface area contributed by atoms with E-state index in [0.29, 0.717) is 30.0 Å². The van der Waals surface area contributed by atoms with Gasteiger partial charge in [-0.3, -0.25) is 14.4 Å². The van der Waals surface area contributed by atoms with Gasteiger partial charge in [-0.2, -0.15) is 0 Å². The van der Waals surface area contributed by atoms with E-state index in [1.165, 1.54) is 4.90 Å². The zero-order valence-electron chi connectivity index (χ0n) is 23.7. The Bertz CT molecular complexity index is 1270. The fourth-order valence-corrected chi connectivity index (χ4v) is 7.13. The predicted octanol–water partition coefficient (Wildman–Crippen LogP) is 3.29. The number of nitrogens with one attached hydrogen (secondary N) is 2. The largest absolute Gasteiger partial charge is 0.494 e. The summed E-state index contributed by atoms with van der Waals surface area (Å²) in [5.41, 5.74) is -0.857. The molecule has 3 amide bonds. The highest BCUT2D eigenvalue weighted by Crippen LogP contribution is 2.66. The van der Waals surface area contributed by atoms with E-state index in [4.69, 9.17) is 9.47 Å². The number of aliphatic hydroxyl groups is 1. The maximum Gasteiger partial charge on any atom is 0.246 e. The third-order valence-electron chi connectivity index (χ3n) is 8.84. The van der Waals surface area contributed by atoms with Crippen LogP contribution in [-0.4, -0.2) is 64.2 Å². The standard InChI is InChI=1S/C31H39N3O6/c1-6-39-22-14-12-21(13-15-22)33-27(36)24-25-29(38)34(23(17-35)20-10-8-7-9-11-20)26(28(37)32-18(2)3)31(25)16-19(4)30(24,5)40-31/h7-15,18-19,23-26,35H,6,16-17H2,1-5H3,(H,32,37)(H,33,36)/t19?,23-,24-,25+,26?,30+,31?/m1/s1. The van der Waals surface area contributed by atoms with Crippen molar-refractivity contribution in [3.63, 3.8) is 0 Å². The van der Waals surface area contributed by atoms with Crippen molar-refractivity contribution < 1.29 is 29.0 Å². The number of benzene rings is 2. The first kappa shape index (κ1) is 28.1. The highest BCUT2D eigenvalue weighted by atomic mass is 16.5. The van der Waals surface area contributed by atoms with Crippen molar-refractivity contribution in [3.05, 3.63) is 60.2 Å². The molecule has 3 saturated heterocycles. The molecule has 3 fully saturated rings. The Labute approximate surface area is 235 Å². The molecule has 3 N–H and O–H groups in total. The summed E-state index contributed by atoms with van der Waals surface area (Å²) in [4.78, 5) is 43.8. The van der Waals surface area contributed by atoms with Crippen molar-refractivity contribution in [2.75, 3.05) is 18.5 Å². The number of ether oxygens (including phenoxy) is 2. The fourth-order valence-electron chi connectivity index (χ4n) is 7.13. The van der Waals surface area contributed by atoms with Crippen molar-refractivity contribution in [2.24, 2.45) is 17.8 Å². The lowest BCUT2D eigenvalue weighted by Gasteiger charge is -2.37. The Morgan fingerprint density at radius 3 is 2.40 bits per heavy atom. The Hall–Kier alpha value is -3.43. The van der Waals surface area contributed by atoms with Crippen molar-refractivity contribution in [1.82, 2.24) is 10.2 Å². The van der Waals surface area contributed by atoms with Gasteiger partial charge in [-0.15, -0.1) is 0 Å². The molecule has 0 aliphatic carbocycles. The van der Waals surface area contributed by atoms with Gasteiger partial charge in [0.15, 0.2) is 0 Å². The lowest BCUT2D eigenvalue weighted by Crippen LogP contribution is -2.57. The molecule has 2 aromatic carbocycles. The Morgan fingerprint density at radius 1 is 1.12 bits per heavy atom. The number of amides is 3. The number of rotatable bonds is 9. The summed E-state index contributed by atoms with van der Waals surface area (Å²) in [6.07, 6.45) is 0.451. The van der Waals surface area contributed by atoms with E-state index in [0.717, 1.165) is 0 Å². The van der Waals surface area contributed by atoms with Crippen molar-refractivity contribution in [1.29, 1.82) is 0 Å². The number of hydrogen-bond donors (Lipinski definition) is 3. The number of hydrogen-bond acceptors (Lipinski definition) is 6. The number of likely N-dealkylation sites (tertiary alicyclic amines) is 1. The Balaban J connectivity index is 1.56. The van der Waals surface area contributed by atoms with Crippen LogP contribution in [0.5, 0.6) is 5.75 Å². The van der Waals surface area contributed by atoms with E-state index in [2.05, 4.69) is 10.6 Å². The van der Waals surface area contributed by atoms with Crippen LogP contribution in [0.4, 0.5) is 5.69 Å². The van der Waals surface area contributed by atoms with Gasteiger partial charge in [-0.1, -0.05) is 37.3 Å². The number of carbonyl (C=O) groups is 3. The summed E-state index contributed by atoms with van der Waals surface area (Å²) >= 11 is 0. The van der Waals surface area contributed by atoms with Crippen molar-refractivity contribution in [2.45, 2.75) is 70.4 Å². The summed E-state index contributed by atoms with van der Waals surface area (Å²) in [5, 5.41) is 16.5. The molecule has 3 aliphatic heterocycles. The van der Waals surface area contributed by atoms with Gasteiger partial charge in [0.2, 0.25) is 17.7 Å². The molecule has 214 valence electrons. The molecular formula is C31H39N3O6. The highest BCUT2D eigenvalue weighted by molar-refractivity contribution is 6.02. The molecule has 40 heavy (non-hydrogen) atoms. The first-order valence-electron chi connectivity index (χ1n) is 14.1. The van der Waals surface area contributed by atoms with Crippen LogP contribution in [0.15, 0.2) is 54.6 Å². The van der Waals surface area contributed by atoms with Crippen molar-refractivity contribution in [3.8, 4) is 5.75 Å². The minimum absolute atomic E-state index is 0.0915. The van der Waals surface area contributed by atoms with Gasteiger partial charge in [-0.25, -0.2) is 0 Å². The van der Waals surface area contributed by atoms with E-state index in [-0.39, 0.29) is 36.3 Å². The van der Waals surface area contributed by atoms with E-state index in [1.54, 1.807) is 24.3 Å². The Kier molecular flexibility index (Phi) is 7.39. The summed E-state index contributed by atoms with van der Waals surface area (Å²) in [6, 6.07) is 14.3. The third kappa shape index (κ3) is 4.36. The summed E-state index contributed by atoms with van der Waals surface area (Å²) in [7, 11) is 0. The summed E-state index contributed by atoms with van der Waals surface area (Å²) < 4.78 is 12.3. The minimum atomic E-state index is -1.20. The molecule has 9 nitrogen and oxygen atoms in total. The number of fused-ring (bicyclic) bond motifs is 1. The number of nitrogens with zero attached hydrogens (tertiary/aromatic N) is 1. The van der Waals surface area contributed by atoms with E-state index >= 15 is 0 Å². The lowest BCUT2D eigenvalue weighted by atomic mass is 9.62. The van der Waals surface area contributed by atoms with Gasteiger partial charge in [0.25, 0.3) is 0 Å². The number of aliphatic hydroxyl groups excluding tert-OH is 1. The van der Waals surface area contributed by atoms with Crippen LogP contribution in [-0.2, 0) is 19.1 Å². The monoisotopic (exact) mass is 549 g/mol. The van der Waals surface area contributed by atoms with Crippen LogP contribution < -0.4 is 15.4 Å². The maximum atomic E-state index is 14.4. The molecule has 2 bridgehead atoms. The molecular weight excluding hydrogens is 510 g/mol. The average molecular weight is 550 g/mol. The molecule has 0 aromatic heterocycles. The van der Waals surface area contributed by atoms with Crippen LogP contribution in [0.1, 0.15) is 52.6 Å². The van der Waals surface area contributed by atoms with Crippen LogP contribution >= 0.6 is 0 Å². The molecule has 1 spiro atoms. The van der Waals surface area contributed by atoms with E-state index in [9.17, 15) is 19.5 Å². The second kappa shape index (κ2) is 10.5. The van der Waals surface area contributed by atoms with Crippen molar-refractivity contribution >= 4 is 23.4 Å². The molecule has 9 heteroatoms. The average Bonchev–Trinajstić information content (AvgIpc) is 3.43. The molecule has 7 atom stereocenters. The van der Waals surface area contributed by atoms with E-state index in [1.807, 2.05) is 65.0 Å². The molecule has 3 unspecified atom stereocenters. The fraction of sp³-hybridized carbons (Fsp3) is 0.516. The van der Waals surface area contributed by atoms with Gasteiger partial charge >= 0.3 is 0 Å². The third-order valence-corrected chi connectivity index (χ3v) is 8.84. The number of carbonyl (C=O) groups excluding carboxylic acids is 3.